The molecule has 28 heavy (non-hydrogen) atoms. The molecule has 0 amide bonds. The molecule has 0 saturated heterocycles. The number of carbonyl (C=O) groups excluding carboxylic acids is 1. The molecule has 2 aromatic rings. The molecule has 0 spiro atoms. The Morgan fingerprint density at radius 2 is 1.43 bits per heavy atom. The van der Waals surface area contributed by atoms with Crippen molar-refractivity contribution in [2.75, 3.05) is 37.0 Å². The molecule has 2 rings (SSSR count). The zero-order chi connectivity index (χ0) is 20.6. The van der Waals surface area contributed by atoms with Gasteiger partial charge in [-0.3, -0.25) is 4.79 Å². The molecule has 3 nitrogen and oxygen atoms in total. The van der Waals surface area contributed by atoms with Gasteiger partial charge in [0.15, 0.2) is 5.78 Å². The lowest BCUT2D eigenvalue weighted by Crippen LogP contribution is -2.21. The van der Waals surface area contributed by atoms with Crippen LogP contribution in [0.4, 0.5) is 5.69 Å². The Balaban J connectivity index is 0.000000370. The maximum Gasteiger partial charge on any atom is 0.193 e. The molecule has 0 atom stereocenters. The van der Waals surface area contributed by atoms with Gasteiger partial charge in [-0.25, -0.2) is 0 Å². The quantitative estimate of drug-likeness (QED) is 0.294. The van der Waals surface area contributed by atoms with Gasteiger partial charge in [0.2, 0.25) is 0 Å². The average Bonchev–Trinajstić information content (AvgIpc) is 2.76. The number of rotatable bonds is 11. The molecule has 0 aliphatic heterocycles. The Bertz CT molecular complexity index is 633. The number of hydrogen-bond donors (Lipinski definition) is 1. The van der Waals surface area contributed by atoms with Gasteiger partial charge < -0.3 is 10.2 Å². The van der Waals surface area contributed by atoms with Crippen molar-refractivity contribution in [1.82, 2.24) is 5.32 Å². The minimum atomic E-state index is 0.0756. The third-order valence-corrected chi connectivity index (χ3v) is 4.76. The topological polar surface area (TPSA) is 32.3 Å². The maximum atomic E-state index is 12.3. The summed E-state index contributed by atoms with van der Waals surface area (Å²) in [5, 5.41) is 3.30. The van der Waals surface area contributed by atoms with Crippen LogP contribution in [0.5, 0.6) is 0 Å². The van der Waals surface area contributed by atoms with Crippen molar-refractivity contribution < 1.29 is 4.79 Å². The number of benzene rings is 2. The molecule has 0 radical (unpaired) electrons. The molecule has 0 fully saturated rings. The summed E-state index contributed by atoms with van der Waals surface area (Å²) in [4.78, 5) is 14.5. The Labute approximate surface area is 176 Å². The molecule has 0 aliphatic rings. The lowest BCUT2D eigenvalue weighted by atomic mass is 10.0. The van der Waals surface area contributed by atoms with E-state index < -0.39 is 0 Å². The number of hydrogen-bond acceptors (Lipinski definition) is 3. The molecule has 4 heteroatoms. The van der Waals surface area contributed by atoms with E-state index in [1.165, 1.54) is 12.8 Å². The van der Waals surface area contributed by atoms with Gasteiger partial charge in [0.05, 0.1) is 0 Å². The first kappa shape index (κ1) is 24.2. The highest BCUT2D eigenvalue weighted by Crippen LogP contribution is 2.17. The number of halogens is 1. The SMILES string of the molecule is CCCCNCCCCl.CCN(CC)c1ccc(C(=O)c2ccccc2)cc1. The Morgan fingerprint density at radius 1 is 0.857 bits per heavy atom. The van der Waals surface area contributed by atoms with E-state index in [-0.39, 0.29) is 5.78 Å². The predicted molar refractivity (Wildman–Crippen MR) is 123 cm³/mol. The number of carbonyl (C=O) groups is 1. The zero-order valence-electron chi connectivity index (χ0n) is 17.6. The van der Waals surface area contributed by atoms with Crippen LogP contribution in [0.3, 0.4) is 0 Å². The van der Waals surface area contributed by atoms with Gasteiger partial charge in [0.25, 0.3) is 0 Å². The van der Waals surface area contributed by atoms with Crippen LogP contribution in [0.25, 0.3) is 0 Å². The molecule has 0 aliphatic carbocycles. The minimum Gasteiger partial charge on any atom is -0.372 e. The fraction of sp³-hybridized carbons (Fsp3) is 0.458. The van der Waals surface area contributed by atoms with Gasteiger partial charge >= 0.3 is 0 Å². The molecule has 0 saturated carbocycles. The summed E-state index contributed by atoms with van der Waals surface area (Å²) in [7, 11) is 0. The number of unbranched alkanes of at least 4 members (excludes halogenated alkanes) is 1. The summed E-state index contributed by atoms with van der Waals surface area (Å²) in [5.41, 5.74) is 2.63. The van der Waals surface area contributed by atoms with E-state index in [1.807, 2.05) is 54.6 Å². The first-order chi connectivity index (χ1) is 13.7. The van der Waals surface area contributed by atoms with Gasteiger partial charge in [-0.1, -0.05) is 43.7 Å². The summed E-state index contributed by atoms with van der Waals surface area (Å²) >= 11 is 5.47. The Morgan fingerprint density at radius 3 is 1.96 bits per heavy atom. The fourth-order valence-corrected chi connectivity index (χ4v) is 2.92. The molecule has 2 aromatic carbocycles. The highest BCUT2D eigenvalue weighted by Gasteiger charge is 2.09. The monoisotopic (exact) mass is 402 g/mol. The van der Waals surface area contributed by atoms with Gasteiger partial charge in [-0.05, 0) is 64.0 Å². The van der Waals surface area contributed by atoms with Crippen molar-refractivity contribution in [2.45, 2.75) is 40.0 Å². The third-order valence-electron chi connectivity index (χ3n) is 4.49. The average molecular weight is 403 g/mol. The van der Waals surface area contributed by atoms with Crippen LogP contribution in [0.2, 0.25) is 0 Å². The molecule has 154 valence electrons. The van der Waals surface area contributed by atoms with Crippen molar-refractivity contribution in [3.8, 4) is 0 Å². The van der Waals surface area contributed by atoms with Crippen molar-refractivity contribution in [2.24, 2.45) is 0 Å². The summed E-state index contributed by atoms with van der Waals surface area (Å²) in [6, 6.07) is 17.2. The fourth-order valence-electron chi connectivity index (χ4n) is 2.79. The highest BCUT2D eigenvalue weighted by molar-refractivity contribution is 6.17. The first-order valence-corrected chi connectivity index (χ1v) is 10.9. The molecule has 0 heterocycles. The summed E-state index contributed by atoms with van der Waals surface area (Å²) < 4.78 is 0. The highest BCUT2D eigenvalue weighted by atomic mass is 35.5. The van der Waals surface area contributed by atoms with Gasteiger partial charge in [-0.15, -0.1) is 11.6 Å². The van der Waals surface area contributed by atoms with Crippen molar-refractivity contribution in [1.29, 1.82) is 0 Å². The van der Waals surface area contributed by atoms with Crippen molar-refractivity contribution >= 4 is 23.1 Å². The summed E-state index contributed by atoms with van der Waals surface area (Å²) in [6.45, 7) is 10.6. The largest absolute Gasteiger partial charge is 0.372 e. The van der Waals surface area contributed by atoms with E-state index in [4.69, 9.17) is 11.6 Å². The second-order valence-electron chi connectivity index (χ2n) is 6.56. The van der Waals surface area contributed by atoms with Crippen LogP contribution in [-0.4, -0.2) is 37.8 Å². The van der Waals surface area contributed by atoms with Crippen molar-refractivity contribution in [3.63, 3.8) is 0 Å². The Kier molecular flexibility index (Phi) is 13.1. The number of anilines is 1. The summed E-state index contributed by atoms with van der Waals surface area (Å²) in [5.74, 6) is 0.853. The first-order valence-electron chi connectivity index (χ1n) is 10.4. The third kappa shape index (κ3) is 8.90. The zero-order valence-corrected chi connectivity index (χ0v) is 18.3. The second kappa shape index (κ2) is 15.1. The van der Waals surface area contributed by atoms with Crippen LogP contribution in [-0.2, 0) is 0 Å². The van der Waals surface area contributed by atoms with Crippen LogP contribution < -0.4 is 10.2 Å². The summed E-state index contributed by atoms with van der Waals surface area (Å²) in [6.07, 6.45) is 3.64. The lowest BCUT2D eigenvalue weighted by molar-refractivity contribution is 0.103. The van der Waals surface area contributed by atoms with Crippen LogP contribution in [0, 0.1) is 0 Å². The molecule has 0 bridgehead atoms. The van der Waals surface area contributed by atoms with Gasteiger partial charge in [0, 0.05) is 35.8 Å². The van der Waals surface area contributed by atoms with Crippen LogP contribution in [0.1, 0.15) is 56.0 Å². The van der Waals surface area contributed by atoms with E-state index in [0.29, 0.717) is 0 Å². The van der Waals surface area contributed by atoms with Crippen LogP contribution in [0.15, 0.2) is 54.6 Å². The van der Waals surface area contributed by atoms with E-state index in [1.54, 1.807) is 0 Å². The normalized spacial score (nSPS) is 10.1. The van der Waals surface area contributed by atoms with Gasteiger partial charge in [-0.2, -0.15) is 0 Å². The van der Waals surface area contributed by atoms with Crippen LogP contribution >= 0.6 is 11.6 Å². The predicted octanol–water partition coefficient (Wildman–Crippen LogP) is 5.77. The lowest BCUT2D eigenvalue weighted by Gasteiger charge is -2.21. The maximum absolute atomic E-state index is 12.3. The van der Waals surface area contributed by atoms with E-state index in [2.05, 4.69) is 31.0 Å². The smallest absolute Gasteiger partial charge is 0.193 e. The van der Waals surface area contributed by atoms with Crippen molar-refractivity contribution in [3.05, 3.63) is 65.7 Å². The van der Waals surface area contributed by atoms with Gasteiger partial charge in [0.1, 0.15) is 0 Å². The van der Waals surface area contributed by atoms with E-state index >= 15 is 0 Å². The molecule has 0 aromatic heterocycles. The number of nitrogens with one attached hydrogen (secondary N) is 1. The molecule has 0 unspecified atom stereocenters. The second-order valence-corrected chi connectivity index (χ2v) is 6.94. The number of alkyl halides is 1. The molecular weight excluding hydrogens is 368 g/mol. The number of nitrogens with zero attached hydrogens (tertiary/aromatic N) is 1. The van der Waals surface area contributed by atoms with E-state index in [9.17, 15) is 4.79 Å². The molecule has 1 N–H and O–H groups in total. The minimum absolute atomic E-state index is 0.0756. The Hall–Kier alpha value is -1.84. The standard InChI is InChI=1S/C17H19NO.C7H16ClN/c1-3-18(4-2)16-12-10-15(11-13-16)17(19)14-8-6-5-7-9-14;1-2-3-6-9-7-4-5-8/h5-13H,3-4H2,1-2H3;9H,2-7H2,1H3. The molecular formula is C24H35ClN2O. The number of ketones is 1. The van der Waals surface area contributed by atoms with E-state index in [0.717, 1.165) is 55.3 Å².